The molecule has 2 aromatic rings. The molecule has 0 aliphatic rings. The number of rotatable bonds is 8. The van der Waals surface area contributed by atoms with E-state index in [2.05, 4.69) is 0 Å². The van der Waals surface area contributed by atoms with Crippen LogP contribution in [0.2, 0.25) is 0 Å². The highest BCUT2D eigenvalue weighted by atomic mass is 32.2. The average molecular weight is 407 g/mol. The molecule has 0 radical (unpaired) electrons. The number of hydrogen-bond acceptors (Lipinski definition) is 7. The fourth-order valence-corrected chi connectivity index (χ4v) is 3.20. The van der Waals surface area contributed by atoms with Crippen LogP contribution >= 0.6 is 23.5 Å². The van der Waals surface area contributed by atoms with Gasteiger partial charge in [0.05, 0.1) is 12.7 Å². The molecule has 2 atom stereocenters. The van der Waals surface area contributed by atoms with Gasteiger partial charge in [0.25, 0.3) is 0 Å². The number of hydrogen-bond donors (Lipinski definition) is 0. The highest BCUT2D eigenvalue weighted by molar-refractivity contribution is 8.13. The Balaban J connectivity index is 1.60. The van der Waals surface area contributed by atoms with E-state index in [1.807, 2.05) is 38.1 Å². The molecule has 0 aliphatic heterocycles. The maximum Gasteiger partial charge on any atom is 0.373 e. The monoisotopic (exact) mass is 406 g/mol. The molecule has 144 valence electrons. The molecule has 27 heavy (non-hydrogen) atoms. The maximum absolute atomic E-state index is 11.9. The van der Waals surface area contributed by atoms with Crippen LogP contribution in [0, 0.1) is 0 Å². The Hall–Kier alpha value is -1.96. The van der Waals surface area contributed by atoms with Gasteiger partial charge in [0.15, 0.2) is 0 Å². The molecule has 0 aliphatic carbocycles. The Morgan fingerprint density at radius 3 is 1.93 bits per heavy atom. The first-order chi connectivity index (χ1) is 13.0. The molecule has 7 heteroatoms. The van der Waals surface area contributed by atoms with Gasteiger partial charge < -0.3 is 14.2 Å². The van der Waals surface area contributed by atoms with Gasteiger partial charge in [-0.1, -0.05) is 43.3 Å². The van der Waals surface area contributed by atoms with Crippen molar-refractivity contribution in [2.24, 2.45) is 0 Å². The quantitative estimate of drug-likeness (QED) is 0.525. The Morgan fingerprint density at radius 1 is 0.852 bits per heavy atom. The van der Waals surface area contributed by atoms with Crippen LogP contribution in [0.4, 0.5) is 9.59 Å². The van der Waals surface area contributed by atoms with E-state index < -0.39 is 0 Å². The van der Waals surface area contributed by atoms with E-state index in [4.69, 9.17) is 14.2 Å². The maximum atomic E-state index is 11.9. The zero-order chi connectivity index (χ0) is 19.5. The van der Waals surface area contributed by atoms with Crippen molar-refractivity contribution in [3.8, 4) is 11.5 Å². The first-order valence-electron chi connectivity index (χ1n) is 8.47. The third-order valence-corrected chi connectivity index (χ3v) is 5.01. The molecule has 2 rings (SSSR count). The summed E-state index contributed by atoms with van der Waals surface area (Å²) in [7, 11) is 0. The fraction of sp³-hybridized carbons (Fsp3) is 0.300. The summed E-state index contributed by atoms with van der Waals surface area (Å²) in [5, 5.41) is -0.804. The Bertz CT molecular complexity index is 709. The van der Waals surface area contributed by atoms with Crippen LogP contribution < -0.4 is 9.47 Å². The Labute approximate surface area is 167 Å². The van der Waals surface area contributed by atoms with E-state index in [-0.39, 0.29) is 22.0 Å². The lowest BCUT2D eigenvalue weighted by molar-refractivity contribution is 0.0850. The van der Waals surface area contributed by atoms with Gasteiger partial charge in [-0.25, -0.2) is 9.59 Å². The van der Waals surface area contributed by atoms with Crippen LogP contribution in [0.3, 0.4) is 0 Å². The Morgan fingerprint density at radius 2 is 1.37 bits per heavy atom. The highest BCUT2D eigenvalue weighted by Crippen LogP contribution is 2.19. The number of ether oxygens (including phenoxy) is 3. The smallest absolute Gasteiger partial charge is 0.373 e. The van der Waals surface area contributed by atoms with Crippen LogP contribution in [0.1, 0.15) is 13.8 Å². The van der Waals surface area contributed by atoms with E-state index in [0.29, 0.717) is 23.9 Å². The van der Waals surface area contributed by atoms with Crippen LogP contribution in [0.5, 0.6) is 11.5 Å². The largest absolute Gasteiger partial charge is 0.418 e. The molecule has 0 heterocycles. The highest BCUT2D eigenvalue weighted by Gasteiger charge is 2.15. The number of thioether (sulfide) groups is 2. The topological polar surface area (TPSA) is 61.8 Å². The third kappa shape index (κ3) is 8.99. The standard InChI is InChI=1S/C20H22O5S2/c1-15(14-26-19(21)24-17-9-5-3-6-10-17)23-13-16(2)27-20(22)25-18-11-7-4-8-12-18/h3-12,15-16H,13-14H2,1-2H3. The van der Waals surface area contributed by atoms with Crippen molar-refractivity contribution in [1.29, 1.82) is 0 Å². The molecule has 2 unspecified atom stereocenters. The summed E-state index contributed by atoms with van der Waals surface area (Å²) in [6.45, 7) is 4.15. The first kappa shape index (κ1) is 21.3. The van der Waals surface area contributed by atoms with Gasteiger partial charge in [-0.2, -0.15) is 0 Å². The van der Waals surface area contributed by atoms with E-state index in [1.54, 1.807) is 36.4 Å². The minimum absolute atomic E-state index is 0.0649. The lowest BCUT2D eigenvalue weighted by atomic mass is 10.3. The molecule has 0 bridgehead atoms. The second kappa shape index (κ2) is 11.7. The van der Waals surface area contributed by atoms with Crippen molar-refractivity contribution in [2.45, 2.75) is 25.2 Å². The SMILES string of the molecule is CC(CSC(=O)Oc1ccccc1)OCC(C)SC(=O)Oc1ccccc1. The zero-order valence-corrected chi connectivity index (χ0v) is 16.8. The third-order valence-electron chi connectivity index (χ3n) is 3.24. The summed E-state index contributed by atoms with van der Waals surface area (Å²) >= 11 is 2.14. The van der Waals surface area contributed by atoms with E-state index in [0.717, 1.165) is 23.5 Å². The molecule has 0 amide bonds. The molecule has 0 spiro atoms. The van der Waals surface area contributed by atoms with Crippen molar-refractivity contribution in [1.82, 2.24) is 0 Å². The number of para-hydroxylation sites is 2. The van der Waals surface area contributed by atoms with Gasteiger partial charge >= 0.3 is 10.6 Å². The minimum atomic E-state index is -0.370. The van der Waals surface area contributed by atoms with Gasteiger partial charge in [0, 0.05) is 11.0 Å². The van der Waals surface area contributed by atoms with Gasteiger partial charge in [0.2, 0.25) is 0 Å². The summed E-state index contributed by atoms with van der Waals surface area (Å²) in [5.74, 6) is 1.51. The lowest BCUT2D eigenvalue weighted by Gasteiger charge is -2.15. The lowest BCUT2D eigenvalue weighted by Crippen LogP contribution is -2.20. The van der Waals surface area contributed by atoms with E-state index >= 15 is 0 Å². The second-order valence-electron chi connectivity index (χ2n) is 5.71. The molecule has 2 aromatic carbocycles. The van der Waals surface area contributed by atoms with E-state index in [1.165, 1.54) is 0 Å². The molecule has 0 saturated heterocycles. The van der Waals surface area contributed by atoms with Crippen molar-refractivity contribution in [3.63, 3.8) is 0 Å². The van der Waals surface area contributed by atoms with Crippen molar-refractivity contribution >= 4 is 34.1 Å². The van der Waals surface area contributed by atoms with E-state index in [9.17, 15) is 9.59 Å². The number of carbonyl (C=O) groups excluding carboxylic acids is 2. The van der Waals surface area contributed by atoms with Gasteiger partial charge in [-0.15, -0.1) is 0 Å². The van der Waals surface area contributed by atoms with Gasteiger partial charge in [-0.05, 0) is 54.7 Å². The summed E-state index contributed by atoms with van der Waals surface area (Å²) in [5.41, 5.74) is 0. The van der Waals surface area contributed by atoms with Crippen molar-refractivity contribution < 1.29 is 23.8 Å². The molecule has 0 aromatic heterocycles. The molecule has 0 N–H and O–H groups in total. The predicted molar refractivity (Wildman–Crippen MR) is 110 cm³/mol. The van der Waals surface area contributed by atoms with Crippen LogP contribution in [0.15, 0.2) is 60.7 Å². The molecular weight excluding hydrogens is 384 g/mol. The molecule has 5 nitrogen and oxygen atoms in total. The molecular formula is C20H22O5S2. The summed E-state index contributed by atoms with van der Waals surface area (Å²) in [4.78, 5) is 23.7. The van der Waals surface area contributed by atoms with Gasteiger partial charge in [-0.3, -0.25) is 0 Å². The average Bonchev–Trinajstić information content (AvgIpc) is 2.66. The van der Waals surface area contributed by atoms with Crippen molar-refractivity contribution in [3.05, 3.63) is 60.7 Å². The number of carbonyl (C=O) groups is 2. The van der Waals surface area contributed by atoms with Crippen LogP contribution in [0.25, 0.3) is 0 Å². The predicted octanol–water partition coefficient (Wildman–Crippen LogP) is 5.64. The molecule has 0 fully saturated rings. The summed E-state index contributed by atoms with van der Waals surface area (Å²) in [6, 6.07) is 17.9. The van der Waals surface area contributed by atoms with Crippen molar-refractivity contribution in [2.75, 3.05) is 12.4 Å². The zero-order valence-electron chi connectivity index (χ0n) is 15.2. The summed E-state index contributed by atoms with van der Waals surface area (Å²) < 4.78 is 16.1. The first-order valence-corrected chi connectivity index (χ1v) is 10.3. The fourth-order valence-electron chi connectivity index (χ4n) is 1.95. The normalized spacial score (nSPS) is 12.8. The van der Waals surface area contributed by atoms with Crippen LogP contribution in [-0.2, 0) is 4.74 Å². The summed E-state index contributed by atoms with van der Waals surface area (Å²) in [6.07, 6.45) is -0.147. The Kier molecular flexibility index (Phi) is 9.24. The van der Waals surface area contributed by atoms with Crippen LogP contribution in [-0.4, -0.2) is 34.3 Å². The second-order valence-corrected chi connectivity index (χ2v) is 8.04. The number of benzene rings is 2. The van der Waals surface area contributed by atoms with Gasteiger partial charge in [0.1, 0.15) is 11.5 Å². The minimum Gasteiger partial charge on any atom is -0.418 e. The molecule has 0 saturated carbocycles.